The van der Waals surface area contributed by atoms with Gasteiger partial charge in [0.1, 0.15) is 12.4 Å². The predicted octanol–water partition coefficient (Wildman–Crippen LogP) is 3.15. The number of hydrogen-bond donors (Lipinski definition) is 1. The van der Waals surface area contributed by atoms with Crippen molar-refractivity contribution in [1.29, 1.82) is 0 Å². The van der Waals surface area contributed by atoms with Gasteiger partial charge in [-0.3, -0.25) is 9.69 Å². The molecule has 5 heteroatoms. The molecule has 0 spiro atoms. The molecule has 0 bridgehead atoms. The molecule has 3 aromatic rings. The third-order valence-corrected chi connectivity index (χ3v) is 4.84. The monoisotopic (exact) mass is 362 g/mol. The molecule has 0 saturated heterocycles. The van der Waals surface area contributed by atoms with Gasteiger partial charge in [0.15, 0.2) is 5.75 Å². The van der Waals surface area contributed by atoms with Crippen molar-refractivity contribution in [3.05, 3.63) is 93.9 Å². The van der Waals surface area contributed by atoms with E-state index in [2.05, 4.69) is 23.1 Å². The van der Waals surface area contributed by atoms with E-state index in [1.165, 1.54) is 12.3 Å². The standard InChI is InChI=1S/C22H22N2O3/c25-20-12-19-14-23(10-11-24(19)15-21(20)26)13-18-8-4-5-9-22(18)27-16-17-6-2-1-3-7-17/h1-9,12,15,26H,10-11,13-14,16H2. The van der Waals surface area contributed by atoms with Gasteiger partial charge >= 0.3 is 0 Å². The summed E-state index contributed by atoms with van der Waals surface area (Å²) in [5, 5.41) is 9.60. The maximum absolute atomic E-state index is 11.7. The average molecular weight is 362 g/mol. The summed E-state index contributed by atoms with van der Waals surface area (Å²) in [6.45, 7) is 3.55. The Morgan fingerprint density at radius 2 is 1.78 bits per heavy atom. The van der Waals surface area contributed by atoms with E-state index in [1.807, 2.05) is 41.0 Å². The fourth-order valence-electron chi connectivity index (χ4n) is 3.39. The fraction of sp³-hybridized carbons (Fsp3) is 0.227. The van der Waals surface area contributed by atoms with Gasteiger partial charge in [0, 0.05) is 43.5 Å². The zero-order chi connectivity index (χ0) is 18.6. The highest BCUT2D eigenvalue weighted by Gasteiger charge is 2.18. The minimum Gasteiger partial charge on any atom is -0.503 e. The highest BCUT2D eigenvalue weighted by atomic mass is 16.5. The topological polar surface area (TPSA) is 54.7 Å². The number of fused-ring (bicyclic) bond motifs is 1. The van der Waals surface area contributed by atoms with Crippen molar-refractivity contribution in [1.82, 2.24) is 9.47 Å². The summed E-state index contributed by atoms with van der Waals surface area (Å²) in [4.78, 5) is 14.0. The van der Waals surface area contributed by atoms with Gasteiger partial charge in [0.25, 0.3) is 0 Å². The molecule has 5 nitrogen and oxygen atoms in total. The first-order valence-electron chi connectivity index (χ1n) is 9.08. The van der Waals surface area contributed by atoms with Gasteiger partial charge in [0.05, 0.1) is 6.20 Å². The zero-order valence-electron chi connectivity index (χ0n) is 15.0. The number of rotatable bonds is 5. The number of hydrogen-bond acceptors (Lipinski definition) is 4. The fourth-order valence-corrected chi connectivity index (χ4v) is 3.39. The molecule has 0 saturated carbocycles. The molecule has 0 aliphatic carbocycles. The molecule has 27 heavy (non-hydrogen) atoms. The number of para-hydroxylation sites is 1. The SMILES string of the molecule is O=c1cc2n(cc1O)CCN(Cc1ccccc1OCc1ccccc1)C2. The first-order chi connectivity index (χ1) is 13.2. The Kier molecular flexibility index (Phi) is 4.94. The Labute approximate surface area is 158 Å². The van der Waals surface area contributed by atoms with Crippen molar-refractivity contribution in [3.63, 3.8) is 0 Å². The lowest BCUT2D eigenvalue weighted by Gasteiger charge is -2.30. The summed E-state index contributed by atoms with van der Waals surface area (Å²) in [7, 11) is 0. The lowest BCUT2D eigenvalue weighted by molar-refractivity contribution is 0.205. The molecule has 1 N–H and O–H groups in total. The molecule has 4 rings (SSSR count). The van der Waals surface area contributed by atoms with Gasteiger partial charge < -0.3 is 14.4 Å². The summed E-state index contributed by atoms with van der Waals surface area (Å²) in [6, 6.07) is 19.7. The van der Waals surface area contributed by atoms with Crippen LogP contribution in [0.4, 0.5) is 0 Å². The van der Waals surface area contributed by atoms with E-state index in [-0.39, 0.29) is 11.2 Å². The van der Waals surface area contributed by atoms with E-state index in [0.717, 1.165) is 42.2 Å². The molecular formula is C22H22N2O3. The van der Waals surface area contributed by atoms with Gasteiger partial charge in [-0.1, -0.05) is 48.5 Å². The smallest absolute Gasteiger partial charge is 0.223 e. The van der Waals surface area contributed by atoms with Gasteiger partial charge in [-0.25, -0.2) is 0 Å². The molecule has 0 unspecified atom stereocenters. The molecule has 0 amide bonds. The quantitative estimate of drug-likeness (QED) is 0.758. The average Bonchev–Trinajstić information content (AvgIpc) is 2.69. The molecular weight excluding hydrogens is 340 g/mol. The normalized spacial score (nSPS) is 13.9. The Morgan fingerprint density at radius 1 is 1.00 bits per heavy atom. The van der Waals surface area contributed by atoms with E-state index >= 15 is 0 Å². The Balaban J connectivity index is 1.47. The van der Waals surface area contributed by atoms with Crippen molar-refractivity contribution < 1.29 is 9.84 Å². The number of benzene rings is 2. The molecule has 0 fully saturated rings. The first kappa shape index (κ1) is 17.4. The van der Waals surface area contributed by atoms with E-state index in [9.17, 15) is 9.90 Å². The van der Waals surface area contributed by atoms with Crippen LogP contribution < -0.4 is 10.2 Å². The van der Waals surface area contributed by atoms with Gasteiger partial charge in [0.2, 0.25) is 5.43 Å². The second-order valence-electron chi connectivity index (χ2n) is 6.80. The third-order valence-electron chi connectivity index (χ3n) is 4.84. The van der Waals surface area contributed by atoms with Crippen LogP contribution in [0.3, 0.4) is 0 Å². The first-order valence-corrected chi connectivity index (χ1v) is 9.08. The van der Waals surface area contributed by atoms with Crippen molar-refractivity contribution in [2.45, 2.75) is 26.2 Å². The molecule has 2 heterocycles. The highest BCUT2D eigenvalue weighted by Crippen LogP contribution is 2.23. The summed E-state index contributed by atoms with van der Waals surface area (Å²) in [5.41, 5.74) is 2.86. The predicted molar refractivity (Wildman–Crippen MR) is 104 cm³/mol. The van der Waals surface area contributed by atoms with Crippen molar-refractivity contribution >= 4 is 0 Å². The van der Waals surface area contributed by atoms with E-state index in [1.54, 1.807) is 0 Å². The molecule has 1 aliphatic heterocycles. The summed E-state index contributed by atoms with van der Waals surface area (Å²) in [6.07, 6.45) is 1.53. The second-order valence-corrected chi connectivity index (χ2v) is 6.80. The van der Waals surface area contributed by atoms with E-state index in [4.69, 9.17) is 4.74 Å². The number of aromatic hydroxyl groups is 1. The minimum atomic E-state index is -0.324. The Morgan fingerprint density at radius 3 is 2.63 bits per heavy atom. The van der Waals surface area contributed by atoms with Crippen LogP contribution in [0.25, 0.3) is 0 Å². The minimum absolute atomic E-state index is 0.188. The molecule has 0 atom stereocenters. The number of ether oxygens (including phenoxy) is 1. The van der Waals surface area contributed by atoms with Crippen LogP contribution in [-0.4, -0.2) is 21.1 Å². The molecule has 2 aromatic carbocycles. The Hall–Kier alpha value is -3.05. The van der Waals surface area contributed by atoms with E-state index < -0.39 is 0 Å². The number of nitrogens with zero attached hydrogens (tertiary/aromatic N) is 2. The summed E-state index contributed by atoms with van der Waals surface area (Å²) >= 11 is 0. The maximum atomic E-state index is 11.7. The van der Waals surface area contributed by atoms with Crippen LogP contribution >= 0.6 is 0 Å². The van der Waals surface area contributed by atoms with Crippen LogP contribution in [0.1, 0.15) is 16.8 Å². The zero-order valence-corrected chi connectivity index (χ0v) is 15.0. The lowest BCUT2D eigenvalue weighted by Crippen LogP contribution is -2.34. The van der Waals surface area contributed by atoms with Gasteiger partial charge in [-0.05, 0) is 11.6 Å². The lowest BCUT2D eigenvalue weighted by atomic mass is 10.1. The van der Waals surface area contributed by atoms with Crippen molar-refractivity contribution in [3.8, 4) is 11.5 Å². The van der Waals surface area contributed by atoms with Crippen molar-refractivity contribution in [2.75, 3.05) is 6.54 Å². The number of aromatic nitrogens is 1. The molecule has 138 valence electrons. The maximum Gasteiger partial charge on any atom is 0.223 e. The van der Waals surface area contributed by atoms with Gasteiger partial charge in [-0.15, -0.1) is 0 Å². The largest absolute Gasteiger partial charge is 0.503 e. The van der Waals surface area contributed by atoms with Crippen molar-refractivity contribution in [2.24, 2.45) is 0 Å². The molecule has 1 aliphatic rings. The Bertz CT molecular complexity index is 982. The summed E-state index contributed by atoms with van der Waals surface area (Å²) < 4.78 is 8.00. The van der Waals surface area contributed by atoms with Crippen LogP contribution in [0.5, 0.6) is 11.5 Å². The second kappa shape index (κ2) is 7.68. The van der Waals surface area contributed by atoms with Crippen LogP contribution in [0, 0.1) is 0 Å². The van der Waals surface area contributed by atoms with Crippen LogP contribution in [0.2, 0.25) is 0 Å². The van der Waals surface area contributed by atoms with Crippen LogP contribution in [-0.2, 0) is 26.2 Å². The van der Waals surface area contributed by atoms with Crippen LogP contribution in [0.15, 0.2) is 71.7 Å². The molecule has 0 radical (unpaired) electrons. The number of pyridine rings is 1. The summed E-state index contributed by atoms with van der Waals surface area (Å²) in [5.74, 6) is 0.696. The molecule has 1 aromatic heterocycles. The van der Waals surface area contributed by atoms with E-state index in [0.29, 0.717) is 13.2 Å². The highest BCUT2D eigenvalue weighted by molar-refractivity contribution is 5.34. The van der Waals surface area contributed by atoms with Gasteiger partial charge in [-0.2, -0.15) is 0 Å². The third kappa shape index (κ3) is 4.04.